The molecule has 132 valence electrons. The fraction of sp³-hybridized carbons (Fsp3) is 0.0500. The Morgan fingerprint density at radius 2 is 1.38 bits per heavy atom. The highest BCUT2D eigenvalue weighted by molar-refractivity contribution is 6.50. The Morgan fingerprint density at radius 3 is 2.08 bits per heavy atom. The lowest BCUT2D eigenvalue weighted by Crippen LogP contribution is -2.02. The number of hydrogen-bond donors (Lipinski definition) is 0. The Bertz CT molecular complexity index is 1040. The molecule has 26 heavy (non-hydrogen) atoms. The number of fused-ring (bicyclic) bond motifs is 3. The van der Waals surface area contributed by atoms with E-state index in [1.54, 1.807) is 0 Å². The van der Waals surface area contributed by atoms with Crippen LogP contribution < -0.4 is 0 Å². The Hall–Kier alpha value is -2.89. The quantitative estimate of drug-likeness (QED) is 0.152. The summed E-state index contributed by atoms with van der Waals surface area (Å²) in [5, 5.41) is 3.69. The summed E-state index contributed by atoms with van der Waals surface area (Å²) in [6.45, 7) is 2.15. The van der Waals surface area contributed by atoms with Gasteiger partial charge in [0.05, 0.1) is 10.9 Å². The summed E-state index contributed by atoms with van der Waals surface area (Å²) in [6.07, 6.45) is 0. The predicted molar refractivity (Wildman–Crippen MR) is 98.5 cm³/mol. The van der Waals surface area contributed by atoms with Crippen LogP contribution in [0.5, 0.6) is 0 Å². The van der Waals surface area contributed by atoms with Gasteiger partial charge in [-0.25, -0.2) is 4.42 Å². The summed E-state index contributed by atoms with van der Waals surface area (Å²) in [5.41, 5.74) is 3.29. The van der Waals surface area contributed by atoms with Crippen molar-refractivity contribution in [2.75, 3.05) is 0 Å². The number of hydrogen-bond acceptors (Lipinski definition) is 0. The summed E-state index contributed by atoms with van der Waals surface area (Å²) in [4.78, 5) is 0. The maximum absolute atomic E-state index is 9.75. The second-order valence-electron chi connectivity index (χ2n) is 5.81. The van der Waals surface area contributed by atoms with Gasteiger partial charge in [0.2, 0.25) is 0 Å². The van der Waals surface area contributed by atoms with Crippen molar-refractivity contribution in [3.8, 4) is 11.3 Å². The zero-order valence-corrected chi connectivity index (χ0v) is 13.9. The van der Waals surface area contributed by atoms with Gasteiger partial charge >= 0.3 is 18.6 Å². The van der Waals surface area contributed by atoms with Crippen LogP contribution in [0.25, 0.3) is 33.1 Å². The van der Waals surface area contributed by atoms with Gasteiger partial charge in [-0.3, -0.25) is 0 Å². The van der Waals surface area contributed by atoms with Crippen LogP contribution in [-0.4, -0.2) is 7.25 Å². The molecular formula is C20H15BF4O. The van der Waals surface area contributed by atoms with E-state index in [4.69, 9.17) is 4.42 Å². The molecule has 0 saturated heterocycles. The van der Waals surface area contributed by atoms with Crippen molar-refractivity contribution < 1.29 is 21.7 Å². The molecule has 4 aromatic rings. The molecule has 1 heterocycles. The molecular weight excluding hydrogens is 343 g/mol. The van der Waals surface area contributed by atoms with Crippen molar-refractivity contribution in [2.45, 2.75) is 6.92 Å². The molecule has 0 fully saturated rings. The van der Waals surface area contributed by atoms with Gasteiger partial charge in [0.1, 0.15) is 0 Å². The first-order valence-electron chi connectivity index (χ1n) is 8.01. The topological polar surface area (TPSA) is 11.3 Å². The fourth-order valence-corrected chi connectivity index (χ4v) is 2.90. The zero-order chi connectivity index (χ0) is 18.7. The van der Waals surface area contributed by atoms with Crippen LogP contribution in [0.1, 0.15) is 5.56 Å². The second-order valence-corrected chi connectivity index (χ2v) is 5.81. The van der Waals surface area contributed by atoms with Crippen molar-refractivity contribution in [2.24, 2.45) is 0 Å². The number of aryl methyl sites for hydroxylation is 1. The largest absolute Gasteiger partial charge is 0.673 e. The van der Waals surface area contributed by atoms with E-state index in [-0.39, 0.29) is 0 Å². The summed E-state index contributed by atoms with van der Waals surface area (Å²) < 4.78 is 45.1. The molecule has 0 N–H and O–H groups in total. The Labute approximate surface area is 148 Å². The standard InChI is InChI=1S/C20H15O.BF4/c1-14-13-19(16-8-3-2-4-9-16)21-18-12-11-15-7-5-6-10-17(15)20(14)18;2-1(3,4)5/h2-13H,1H3;/q+1;-1. The Morgan fingerprint density at radius 1 is 0.769 bits per heavy atom. The van der Waals surface area contributed by atoms with Crippen LogP contribution in [0.2, 0.25) is 0 Å². The minimum absolute atomic E-state index is 0.913. The number of rotatable bonds is 1. The Balaban J connectivity index is 0.000000349. The van der Waals surface area contributed by atoms with Crippen molar-refractivity contribution in [1.82, 2.24) is 0 Å². The lowest BCUT2D eigenvalue weighted by Gasteiger charge is -2.02. The van der Waals surface area contributed by atoms with Crippen molar-refractivity contribution >= 4 is 29.0 Å². The Kier molecular flexibility index (Phi) is 4.93. The molecule has 3 aromatic carbocycles. The highest BCUT2D eigenvalue weighted by Gasteiger charge is 2.20. The molecule has 6 heteroatoms. The summed E-state index contributed by atoms with van der Waals surface area (Å²) >= 11 is 0. The molecule has 0 aliphatic rings. The van der Waals surface area contributed by atoms with Gasteiger partial charge in [0.25, 0.3) is 0 Å². The van der Waals surface area contributed by atoms with Crippen molar-refractivity contribution in [3.63, 3.8) is 0 Å². The van der Waals surface area contributed by atoms with E-state index in [9.17, 15) is 17.3 Å². The normalized spacial score (nSPS) is 11.3. The van der Waals surface area contributed by atoms with E-state index in [1.165, 1.54) is 21.7 Å². The molecule has 1 aromatic heterocycles. The average Bonchev–Trinajstić information content (AvgIpc) is 2.60. The molecule has 0 saturated carbocycles. The smallest absolute Gasteiger partial charge is 0.418 e. The van der Waals surface area contributed by atoms with Crippen LogP contribution in [0.15, 0.2) is 77.2 Å². The zero-order valence-electron chi connectivity index (χ0n) is 13.9. The number of benzene rings is 3. The maximum Gasteiger partial charge on any atom is 0.673 e. The van der Waals surface area contributed by atoms with Gasteiger partial charge in [0.15, 0.2) is 0 Å². The highest BCUT2D eigenvalue weighted by Crippen LogP contribution is 2.32. The molecule has 0 radical (unpaired) electrons. The van der Waals surface area contributed by atoms with E-state index in [0.717, 1.165) is 16.9 Å². The fourth-order valence-electron chi connectivity index (χ4n) is 2.90. The highest BCUT2D eigenvalue weighted by atomic mass is 19.5. The first-order chi connectivity index (χ1) is 12.3. The first kappa shape index (κ1) is 17.9. The molecule has 0 amide bonds. The lowest BCUT2D eigenvalue weighted by atomic mass is 10.0. The number of halogens is 4. The van der Waals surface area contributed by atoms with Crippen LogP contribution in [-0.2, 0) is 0 Å². The second kappa shape index (κ2) is 7.16. The molecule has 0 aliphatic heterocycles. The molecule has 0 unspecified atom stereocenters. The molecule has 0 bridgehead atoms. The van der Waals surface area contributed by atoms with Crippen molar-refractivity contribution in [3.05, 3.63) is 78.4 Å². The summed E-state index contributed by atoms with van der Waals surface area (Å²) in [5.74, 6) is 0.913. The third kappa shape index (κ3) is 4.20. The van der Waals surface area contributed by atoms with Crippen LogP contribution in [0, 0.1) is 6.92 Å². The SMILES string of the molecule is Cc1cc(-c2ccccc2)[o+]c2ccc3ccccc3c12.F[B-](F)(F)F. The molecule has 0 aliphatic carbocycles. The van der Waals surface area contributed by atoms with Gasteiger partial charge < -0.3 is 17.3 Å². The average molecular weight is 358 g/mol. The van der Waals surface area contributed by atoms with E-state index >= 15 is 0 Å². The molecule has 0 atom stereocenters. The van der Waals surface area contributed by atoms with E-state index in [2.05, 4.69) is 61.5 Å². The van der Waals surface area contributed by atoms with Gasteiger partial charge in [-0.2, -0.15) is 0 Å². The van der Waals surface area contributed by atoms with E-state index in [0.29, 0.717) is 0 Å². The van der Waals surface area contributed by atoms with Gasteiger partial charge in [0, 0.05) is 12.1 Å². The molecule has 0 spiro atoms. The predicted octanol–water partition coefficient (Wildman–Crippen LogP) is 7.14. The van der Waals surface area contributed by atoms with Crippen LogP contribution in [0.3, 0.4) is 0 Å². The molecule has 1 nitrogen and oxygen atoms in total. The monoisotopic (exact) mass is 358 g/mol. The van der Waals surface area contributed by atoms with Gasteiger partial charge in [-0.05, 0) is 41.5 Å². The summed E-state index contributed by atoms with van der Waals surface area (Å²) in [7, 11) is -6.00. The third-order valence-electron chi connectivity index (χ3n) is 3.91. The minimum Gasteiger partial charge on any atom is -0.418 e. The summed E-state index contributed by atoms with van der Waals surface area (Å²) in [6, 6.07) is 25.0. The van der Waals surface area contributed by atoms with Crippen LogP contribution >= 0.6 is 0 Å². The minimum atomic E-state index is -6.00. The lowest BCUT2D eigenvalue weighted by molar-refractivity contribution is 0.368. The molecule has 4 rings (SSSR count). The van der Waals surface area contributed by atoms with Gasteiger partial charge in [-0.1, -0.05) is 42.5 Å². The third-order valence-corrected chi connectivity index (χ3v) is 3.91. The van der Waals surface area contributed by atoms with Crippen LogP contribution in [0.4, 0.5) is 17.3 Å². The first-order valence-corrected chi connectivity index (χ1v) is 8.01. The maximum atomic E-state index is 9.75. The van der Waals surface area contributed by atoms with E-state index < -0.39 is 7.25 Å². The van der Waals surface area contributed by atoms with Crippen molar-refractivity contribution in [1.29, 1.82) is 0 Å². The van der Waals surface area contributed by atoms with Gasteiger partial charge in [-0.15, -0.1) is 0 Å². The van der Waals surface area contributed by atoms with E-state index in [1.807, 2.05) is 18.2 Å².